The third-order valence-corrected chi connectivity index (χ3v) is 2.82. The lowest BCUT2D eigenvalue weighted by Gasteiger charge is -2.28. The molecular formula is C11H12N2. The van der Waals surface area contributed by atoms with Crippen LogP contribution in [0, 0.1) is 0 Å². The molecule has 0 bridgehead atoms. The Balaban J connectivity index is 2.20. The first-order chi connectivity index (χ1) is 6.45. The van der Waals surface area contributed by atoms with Crippen LogP contribution in [0.1, 0.15) is 18.0 Å². The van der Waals surface area contributed by atoms with Gasteiger partial charge in [0.05, 0.1) is 5.52 Å². The van der Waals surface area contributed by atoms with Crippen LogP contribution in [0.25, 0.3) is 10.9 Å². The van der Waals surface area contributed by atoms with Gasteiger partial charge in [-0.05, 0) is 30.0 Å². The third kappa shape index (κ3) is 0.988. The van der Waals surface area contributed by atoms with Crippen LogP contribution in [-0.4, -0.2) is 11.5 Å². The zero-order chi connectivity index (χ0) is 8.67. The molecule has 2 heterocycles. The average molecular weight is 172 g/mol. The standard InChI is InChI=1S/C11H12N2/c1-2-8-4-6-13-11(8)9(3-1)10-5-7-12-10/h1-4,6,10,12-13H,5,7H2. The normalized spacial score (nSPS) is 21.7. The van der Waals surface area contributed by atoms with Crippen molar-refractivity contribution in [3.05, 3.63) is 36.0 Å². The predicted molar refractivity (Wildman–Crippen MR) is 53.7 cm³/mol. The highest BCUT2D eigenvalue weighted by atomic mass is 15.0. The molecule has 1 unspecified atom stereocenters. The van der Waals surface area contributed by atoms with E-state index in [9.17, 15) is 0 Å². The maximum atomic E-state index is 3.42. The van der Waals surface area contributed by atoms with Crippen LogP contribution in [0.3, 0.4) is 0 Å². The van der Waals surface area contributed by atoms with Crippen molar-refractivity contribution in [3.63, 3.8) is 0 Å². The number of hydrogen-bond donors (Lipinski definition) is 2. The molecule has 66 valence electrons. The summed E-state index contributed by atoms with van der Waals surface area (Å²) in [4.78, 5) is 3.30. The monoisotopic (exact) mass is 172 g/mol. The molecule has 2 aromatic rings. The molecule has 0 spiro atoms. The molecule has 0 amide bonds. The second-order valence-electron chi connectivity index (χ2n) is 3.58. The predicted octanol–water partition coefficient (Wildman–Crippen LogP) is 2.20. The van der Waals surface area contributed by atoms with Gasteiger partial charge in [-0.1, -0.05) is 18.2 Å². The number of hydrogen-bond acceptors (Lipinski definition) is 1. The molecule has 1 aromatic carbocycles. The molecule has 1 aromatic heterocycles. The first-order valence-corrected chi connectivity index (χ1v) is 4.74. The molecule has 1 fully saturated rings. The summed E-state index contributed by atoms with van der Waals surface area (Å²) in [5, 5.41) is 4.73. The van der Waals surface area contributed by atoms with Crippen LogP contribution in [0.15, 0.2) is 30.5 Å². The first-order valence-electron chi connectivity index (χ1n) is 4.74. The number of para-hydroxylation sites is 1. The minimum atomic E-state index is 0.572. The maximum Gasteiger partial charge on any atom is 0.0502 e. The van der Waals surface area contributed by atoms with E-state index in [2.05, 4.69) is 34.6 Å². The van der Waals surface area contributed by atoms with E-state index >= 15 is 0 Å². The second-order valence-corrected chi connectivity index (χ2v) is 3.58. The SMILES string of the molecule is c1cc(C2CCN2)c2[nH]ccc2c1. The number of fused-ring (bicyclic) bond motifs is 1. The summed E-state index contributed by atoms with van der Waals surface area (Å²) in [6.07, 6.45) is 3.27. The fourth-order valence-corrected chi connectivity index (χ4v) is 1.95. The highest BCUT2D eigenvalue weighted by Gasteiger charge is 2.20. The number of nitrogens with one attached hydrogen (secondary N) is 2. The topological polar surface area (TPSA) is 27.8 Å². The van der Waals surface area contributed by atoms with Gasteiger partial charge >= 0.3 is 0 Å². The Morgan fingerprint density at radius 2 is 2.15 bits per heavy atom. The summed E-state index contributed by atoms with van der Waals surface area (Å²) in [5.74, 6) is 0. The van der Waals surface area contributed by atoms with Crippen molar-refractivity contribution in [2.45, 2.75) is 12.5 Å². The molecule has 1 aliphatic heterocycles. The summed E-state index contributed by atoms with van der Waals surface area (Å²) >= 11 is 0. The number of rotatable bonds is 1. The molecule has 0 radical (unpaired) electrons. The molecule has 2 heteroatoms. The van der Waals surface area contributed by atoms with Gasteiger partial charge in [0.1, 0.15) is 0 Å². The fourth-order valence-electron chi connectivity index (χ4n) is 1.95. The Hall–Kier alpha value is -1.28. The van der Waals surface area contributed by atoms with E-state index in [1.807, 2.05) is 6.20 Å². The minimum absolute atomic E-state index is 0.572. The van der Waals surface area contributed by atoms with Crippen molar-refractivity contribution < 1.29 is 0 Å². The van der Waals surface area contributed by atoms with E-state index in [0.29, 0.717) is 6.04 Å². The molecule has 1 aliphatic rings. The fraction of sp³-hybridized carbons (Fsp3) is 0.273. The minimum Gasteiger partial charge on any atom is -0.361 e. The van der Waals surface area contributed by atoms with E-state index in [0.717, 1.165) is 6.54 Å². The number of aromatic amines is 1. The van der Waals surface area contributed by atoms with Gasteiger partial charge in [-0.2, -0.15) is 0 Å². The molecule has 2 N–H and O–H groups in total. The Kier molecular flexibility index (Phi) is 1.43. The van der Waals surface area contributed by atoms with Gasteiger partial charge in [-0.3, -0.25) is 0 Å². The summed E-state index contributed by atoms with van der Waals surface area (Å²) in [5.41, 5.74) is 2.70. The largest absolute Gasteiger partial charge is 0.361 e. The Morgan fingerprint density at radius 1 is 1.23 bits per heavy atom. The number of aromatic nitrogens is 1. The molecule has 0 saturated carbocycles. The third-order valence-electron chi connectivity index (χ3n) is 2.82. The average Bonchev–Trinajstić information content (AvgIpc) is 2.49. The highest BCUT2D eigenvalue weighted by Crippen LogP contribution is 2.28. The van der Waals surface area contributed by atoms with Crippen LogP contribution in [-0.2, 0) is 0 Å². The van der Waals surface area contributed by atoms with Crippen LogP contribution in [0.2, 0.25) is 0 Å². The molecule has 1 atom stereocenters. The zero-order valence-electron chi connectivity index (χ0n) is 7.38. The zero-order valence-corrected chi connectivity index (χ0v) is 7.38. The maximum absolute atomic E-state index is 3.42. The van der Waals surface area contributed by atoms with E-state index in [-0.39, 0.29) is 0 Å². The van der Waals surface area contributed by atoms with E-state index in [1.165, 1.54) is 22.9 Å². The lowest BCUT2D eigenvalue weighted by molar-refractivity contribution is 0.385. The van der Waals surface area contributed by atoms with Crippen LogP contribution in [0.4, 0.5) is 0 Å². The van der Waals surface area contributed by atoms with E-state index < -0.39 is 0 Å². The quantitative estimate of drug-likeness (QED) is 0.678. The van der Waals surface area contributed by atoms with Gasteiger partial charge in [-0.15, -0.1) is 0 Å². The summed E-state index contributed by atoms with van der Waals surface area (Å²) in [6, 6.07) is 9.18. The van der Waals surface area contributed by atoms with Gasteiger partial charge in [0.15, 0.2) is 0 Å². The molecular weight excluding hydrogens is 160 g/mol. The summed E-state index contributed by atoms with van der Waals surface area (Å²) < 4.78 is 0. The van der Waals surface area contributed by atoms with E-state index in [1.54, 1.807) is 0 Å². The molecule has 1 saturated heterocycles. The van der Waals surface area contributed by atoms with Crippen LogP contribution in [0.5, 0.6) is 0 Å². The van der Waals surface area contributed by atoms with Crippen molar-refractivity contribution in [3.8, 4) is 0 Å². The van der Waals surface area contributed by atoms with Gasteiger partial charge < -0.3 is 10.3 Å². The number of H-pyrrole nitrogens is 1. The molecule has 13 heavy (non-hydrogen) atoms. The molecule has 3 rings (SSSR count). The van der Waals surface area contributed by atoms with Crippen molar-refractivity contribution in [1.82, 2.24) is 10.3 Å². The summed E-state index contributed by atoms with van der Waals surface area (Å²) in [7, 11) is 0. The Labute approximate surface area is 77.0 Å². The van der Waals surface area contributed by atoms with E-state index in [4.69, 9.17) is 0 Å². The lowest BCUT2D eigenvalue weighted by atomic mass is 9.96. The van der Waals surface area contributed by atoms with Crippen molar-refractivity contribution in [2.75, 3.05) is 6.54 Å². The summed E-state index contributed by atoms with van der Waals surface area (Å²) in [6.45, 7) is 1.15. The van der Waals surface area contributed by atoms with Gasteiger partial charge in [0, 0.05) is 12.2 Å². The molecule has 0 aliphatic carbocycles. The van der Waals surface area contributed by atoms with Crippen molar-refractivity contribution >= 4 is 10.9 Å². The number of benzene rings is 1. The van der Waals surface area contributed by atoms with Crippen molar-refractivity contribution in [1.29, 1.82) is 0 Å². The second kappa shape index (κ2) is 2.60. The highest BCUT2D eigenvalue weighted by molar-refractivity contribution is 5.83. The Morgan fingerprint density at radius 3 is 2.92 bits per heavy atom. The van der Waals surface area contributed by atoms with Crippen molar-refractivity contribution in [2.24, 2.45) is 0 Å². The first kappa shape index (κ1) is 7.15. The smallest absolute Gasteiger partial charge is 0.0502 e. The van der Waals surface area contributed by atoms with Crippen LogP contribution >= 0.6 is 0 Å². The lowest BCUT2D eigenvalue weighted by Crippen LogP contribution is -2.35. The van der Waals surface area contributed by atoms with Gasteiger partial charge in [-0.25, -0.2) is 0 Å². The van der Waals surface area contributed by atoms with Crippen LogP contribution < -0.4 is 5.32 Å². The van der Waals surface area contributed by atoms with Gasteiger partial charge in [0.25, 0.3) is 0 Å². The van der Waals surface area contributed by atoms with Gasteiger partial charge in [0.2, 0.25) is 0 Å². The molecule has 2 nitrogen and oxygen atoms in total. The Bertz CT molecular complexity index is 426.